The minimum absolute atomic E-state index is 0.318. The van der Waals surface area contributed by atoms with Crippen molar-refractivity contribution < 1.29 is 13.2 Å². The van der Waals surface area contributed by atoms with Crippen LogP contribution in [0.5, 0.6) is 5.75 Å². The molecule has 10 heteroatoms. The van der Waals surface area contributed by atoms with Crippen LogP contribution in [0.25, 0.3) is 11.0 Å². The number of aromatic amines is 1. The maximum absolute atomic E-state index is 13.5. The van der Waals surface area contributed by atoms with Crippen LogP contribution in [0.1, 0.15) is 18.4 Å². The Hall–Kier alpha value is -2.69. The second kappa shape index (κ2) is 7.47. The lowest BCUT2D eigenvalue weighted by Crippen LogP contribution is -2.59. The number of piperazine rings is 1. The Balaban J connectivity index is 1.34. The summed E-state index contributed by atoms with van der Waals surface area (Å²) in [6, 6.07) is 9.46. The zero-order chi connectivity index (χ0) is 21.6. The first kappa shape index (κ1) is 20.2. The number of ether oxygens (including phenoxy) is 1. The summed E-state index contributed by atoms with van der Waals surface area (Å²) in [7, 11) is -0.326. The van der Waals surface area contributed by atoms with Crippen molar-refractivity contribution in [3.63, 3.8) is 0 Å². The lowest BCUT2D eigenvalue weighted by molar-refractivity contribution is 0.250. The predicted molar refractivity (Wildman–Crippen MR) is 118 cm³/mol. The first-order valence-corrected chi connectivity index (χ1v) is 11.7. The van der Waals surface area contributed by atoms with Crippen LogP contribution in [-0.4, -0.2) is 71.3 Å². The number of benzene rings is 1. The van der Waals surface area contributed by atoms with Crippen LogP contribution in [0.4, 0.5) is 5.82 Å². The fourth-order valence-electron chi connectivity index (χ4n) is 4.40. The molecule has 5 rings (SSSR count). The van der Waals surface area contributed by atoms with E-state index in [0.29, 0.717) is 26.2 Å². The molecule has 1 saturated carbocycles. The molecule has 164 valence electrons. The Bertz CT molecular complexity index is 1190. The summed E-state index contributed by atoms with van der Waals surface area (Å²) in [5, 5.41) is 0.964. The van der Waals surface area contributed by atoms with Gasteiger partial charge >= 0.3 is 0 Å². The van der Waals surface area contributed by atoms with E-state index in [2.05, 4.69) is 19.9 Å². The van der Waals surface area contributed by atoms with Gasteiger partial charge in [-0.1, -0.05) is 12.1 Å². The number of anilines is 1. The monoisotopic (exact) mass is 442 g/mol. The summed E-state index contributed by atoms with van der Waals surface area (Å²) >= 11 is 0. The third-order valence-electron chi connectivity index (χ3n) is 6.28. The van der Waals surface area contributed by atoms with Crippen molar-refractivity contribution in [3.8, 4) is 5.75 Å². The first-order chi connectivity index (χ1) is 14.9. The number of hydrogen-bond acceptors (Lipinski definition) is 6. The SMILES string of the molecule is COc1ccc(CN(C)S(=O)(=O)N2CCN(c3ncnc4[nH]ccc34)CC23CC3)cc1. The quantitative estimate of drug-likeness (QED) is 0.628. The molecule has 1 aliphatic carbocycles. The van der Waals surface area contributed by atoms with Gasteiger partial charge in [-0.3, -0.25) is 0 Å². The van der Waals surface area contributed by atoms with E-state index in [9.17, 15) is 8.42 Å². The topological polar surface area (TPSA) is 94.7 Å². The molecule has 1 aliphatic heterocycles. The summed E-state index contributed by atoms with van der Waals surface area (Å²) in [4.78, 5) is 14.1. The molecular formula is C21H26N6O3S. The van der Waals surface area contributed by atoms with Crippen molar-refractivity contribution in [2.45, 2.75) is 24.9 Å². The van der Waals surface area contributed by atoms with Crippen molar-refractivity contribution >= 4 is 27.1 Å². The Morgan fingerprint density at radius 3 is 2.65 bits per heavy atom. The molecule has 0 unspecified atom stereocenters. The van der Waals surface area contributed by atoms with Crippen molar-refractivity contribution in [3.05, 3.63) is 48.4 Å². The van der Waals surface area contributed by atoms with Crippen LogP contribution in [0.3, 0.4) is 0 Å². The van der Waals surface area contributed by atoms with Crippen molar-refractivity contribution in [2.75, 3.05) is 38.7 Å². The van der Waals surface area contributed by atoms with Gasteiger partial charge in [-0.15, -0.1) is 0 Å². The number of rotatable bonds is 6. The van der Waals surface area contributed by atoms with E-state index in [4.69, 9.17) is 4.74 Å². The molecule has 1 N–H and O–H groups in total. The van der Waals surface area contributed by atoms with E-state index in [1.54, 1.807) is 24.8 Å². The van der Waals surface area contributed by atoms with Gasteiger partial charge in [-0.05, 0) is 36.6 Å². The molecule has 9 nitrogen and oxygen atoms in total. The van der Waals surface area contributed by atoms with Gasteiger partial charge in [0.15, 0.2) is 0 Å². The summed E-state index contributed by atoms with van der Waals surface area (Å²) in [6.07, 6.45) is 5.13. The number of H-pyrrole nitrogens is 1. The van der Waals surface area contributed by atoms with Crippen LogP contribution >= 0.6 is 0 Å². The maximum atomic E-state index is 13.5. The molecule has 3 heterocycles. The highest BCUT2D eigenvalue weighted by molar-refractivity contribution is 7.86. The zero-order valence-electron chi connectivity index (χ0n) is 17.7. The lowest BCUT2D eigenvalue weighted by atomic mass is 10.2. The van der Waals surface area contributed by atoms with Crippen molar-refractivity contribution in [2.24, 2.45) is 0 Å². The number of nitrogens with zero attached hydrogens (tertiary/aromatic N) is 5. The molecule has 2 aliphatic rings. The first-order valence-electron chi connectivity index (χ1n) is 10.3. The molecule has 2 fully saturated rings. The van der Waals surface area contributed by atoms with Gasteiger partial charge in [0.2, 0.25) is 0 Å². The number of fused-ring (bicyclic) bond motifs is 1. The van der Waals surface area contributed by atoms with E-state index in [-0.39, 0.29) is 5.54 Å². The number of aromatic nitrogens is 3. The average Bonchev–Trinajstić information content (AvgIpc) is 3.34. The molecular weight excluding hydrogens is 416 g/mol. The highest BCUT2D eigenvalue weighted by atomic mass is 32.2. The summed E-state index contributed by atoms with van der Waals surface area (Å²) in [6.45, 7) is 1.98. The smallest absolute Gasteiger partial charge is 0.282 e. The number of hydrogen-bond donors (Lipinski definition) is 1. The van der Waals surface area contributed by atoms with Gasteiger partial charge in [-0.2, -0.15) is 17.0 Å². The van der Waals surface area contributed by atoms with E-state index in [0.717, 1.165) is 41.0 Å². The molecule has 0 amide bonds. The fourth-order valence-corrected chi connectivity index (χ4v) is 6.09. The number of methoxy groups -OCH3 is 1. The fraction of sp³-hybridized carbons (Fsp3) is 0.429. The molecule has 1 saturated heterocycles. The third kappa shape index (κ3) is 3.54. The van der Waals surface area contributed by atoms with Crippen LogP contribution in [0.15, 0.2) is 42.9 Å². The summed E-state index contributed by atoms with van der Waals surface area (Å²) in [5.74, 6) is 1.62. The lowest BCUT2D eigenvalue weighted by Gasteiger charge is -2.43. The van der Waals surface area contributed by atoms with Crippen LogP contribution in [-0.2, 0) is 16.8 Å². The maximum Gasteiger partial charge on any atom is 0.282 e. The predicted octanol–water partition coefficient (Wildman–Crippen LogP) is 2.00. The largest absolute Gasteiger partial charge is 0.497 e. The van der Waals surface area contributed by atoms with E-state index in [1.807, 2.05) is 36.5 Å². The van der Waals surface area contributed by atoms with E-state index in [1.165, 1.54) is 4.31 Å². The molecule has 1 aromatic carbocycles. The Labute approximate surface area is 181 Å². The van der Waals surface area contributed by atoms with Crippen LogP contribution < -0.4 is 9.64 Å². The highest BCUT2D eigenvalue weighted by Gasteiger charge is 2.56. The average molecular weight is 443 g/mol. The van der Waals surface area contributed by atoms with Crippen LogP contribution in [0.2, 0.25) is 0 Å². The van der Waals surface area contributed by atoms with E-state index < -0.39 is 10.2 Å². The van der Waals surface area contributed by atoms with Gasteiger partial charge in [0.05, 0.1) is 18.0 Å². The molecule has 0 bridgehead atoms. The third-order valence-corrected chi connectivity index (χ3v) is 8.33. The molecule has 31 heavy (non-hydrogen) atoms. The zero-order valence-corrected chi connectivity index (χ0v) is 18.5. The number of nitrogens with one attached hydrogen (secondary N) is 1. The molecule has 1 spiro atoms. The summed E-state index contributed by atoms with van der Waals surface area (Å²) in [5.41, 5.74) is 1.36. The van der Waals surface area contributed by atoms with E-state index >= 15 is 0 Å². The van der Waals surface area contributed by atoms with Gasteiger partial charge in [0.1, 0.15) is 23.5 Å². The highest BCUT2D eigenvalue weighted by Crippen LogP contribution is 2.47. The Morgan fingerprint density at radius 2 is 1.94 bits per heavy atom. The minimum Gasteiger partial charge on any atom is -0.497 e. The molecule has 0 radical (unpaired) electrons. The van der Waals surface area contributed by atoms with Crippen molar-refractivity contribution in [1.29, 1.82) is 0 Å². The second-order valence-electron chi connectivity index (χ2n) is 8.27. The van der Waals surface area contributed by atoms with Crippen LogP contribution in [0, 0.1) is 0 Å². The Morgan fingerprint density at radius 1 is 1.16 bits per heavy atom. The normalized spacial score (nSPS) is 18.7. The van der Waals surface area contributed by atoms with Gasteiger partial charge in [0.25, 0.3) is 10.2 Å². The molecule has 2 aromatic heterocycles. The van der Waals surface area contributed by atoms with Gasteiger partial charge in [-0.25, -0.2) is 9.97 Å². The minimum atomic E-state index is -3.59. The second-order valence-corrected chi connectivity index (χ2v) is 10.2. The van der Waals surface area contributed by atoms with Gasteiger partial charge in [0, 0.05) is 39.4 Å². The standard InChI is InChI=1S/C21H26N6O3S/c1-25(13-16-3-5-17(30-2)6-4-16)31(28,29)27-12-11-26(14-21(27)8-9-21)20-18-7-10-22-19(18)23-15-24-20/h3-7,10,15H,8-9,11-14H2,1-2H3,(H,22,23,24). The van der Waals surface area contributed by atoms with Crippen molar-refractivity contribution in [1.82, 2.24) is 23.6 Å². The Kier molecular flexibility index (Phi) is 4.87. The summed E-state index contributed by atoms with van der Waals surface area (Å²) < 4.78 is 35.3. The molecule has 0 atom stereocenters. The van der Waals surface area contributed by atoms with Gasteiger partial charge < -0.3 is 14.6 Å². The molecule has 3 aromatic rings.